The molecule has 3 aromatic rings. The van der Waals surface area contributed by atoms with Crippen molar-refractivity contribution in [3.63, 3.8) is 0 Å². The van der Waals surface area contributed by atoms with Gasteiger partial charge >= 0.3 is 0 Å². The van der Waals surface area contributed by atoms with E-state index in [1.807, 2.05) is 31.2 Å². The van der Waals surface area contributed by atoms with E-state index in [2.05, 4.69) is 14.9 Å². The smallest absolute Gasteiger partial charge is 0.242 e. The third-order valence-electron chi connectivity index (χ3n) is 3.65. The predicted molar refractivity (Wildman–Crippen MR) is 89.7 cm³/mol. The van der Waals surface area contributed by atoms with Crippen molar-refractivity contribution in [2.75, 3.05) is 0 Å². The fourth-order valence-electron chi connectivity index (χ4n) is 2.35. The molecule has 2 aromatic carbocycles. The van der Waals surface area contributed by atoms with E-state index in [9.17, 15) is 8.42 Å². The van der Waals surface area contributed by atoms with Gasteiger partial charge < -0.3 is 4.52 Å². The van der Waals surface area contributed by atoms with Gasteiger partial charge in [-0.15, -0.1) is 0 Å². The largest absolute Gasteiger partial charge is 0.338 e. The van der Waals surface area contributed by atoms with Crippen molar-refractivity contribution in [3.05, 3.63) is 65.5 Å². The number of rotatable bonds is 5. The molecule has 0 spiro atoms. The first kappa shape index (κ1) is 16.4. The molecule has 0 amide bonds. The predicted octanol–water partition coefficient (Wildman–Crippen LogP) is 2.83. The minimum absolute atomic E-state index is 0.0600. The number of aromatic nitrogens is 2. The number of benzene rings is 2. The van der Waals surface area contributed by atoms with Crippen LogP contribution >= 0.6 is 0 Å². The Labute approximate surface area is 140 Å². The van der Waals surface area contributed by atoms with Crippen LogP contribution in [0.5, 0.6) is 0 Å². The highest BCUT2D eigenvalue weighted by Gasteiger charge is 2.18. The summed E-state index contributed by atoms with van der Waals surface area (Å²) in [6, 6.07) is 14.4. The van der Waals surface area contributed by atoms with E-state index in [-0.39, 0.29) is 17.3 Å². The molecule has 0 fully saturated rings. The second-order valence-electron chi connectivity index (χ2n) is 5.42. The Balaban J connectivity index is 1.77. The van der Waals surface area contributed by atoms with Crippen LogP contribution in [-0.4, -0.2) is 18.6 Å². The Bertz CT molecular complexity index is 964. The highest BCUT2D eigenvalue weighted by Crippen LogP contribution is 2.20. The van der Waals surface area contributed by atoms with Gasteiger partial charge in [0.05, 0.1) is 11.4 Å². The van der Waals surface area contributed by atoms with Crippen LogP contribution in [0, 0.1) is 13.8 Å². The molecule has 0 atom stereocenters. The monoisotopic (exact) mass is 343 g/mol. The van der Waals surface area contributed by atoms with E-state index in [1.165, 1.54) is 0 Å². The van der Waals surface area contributed by atoms with Gasteiger partial charge in [0, 0.05) is 5.56 Å². The Morgan fingerprint density at radius 1 is 1.00 bits per heavy atom. The molecule has 0 aliphatic heterocycles. The van der Waals surface area contributed by atoms with Gasteiger partial charge in [0.1, 0.15) is 0 Å². The molecule has 0 unspecified atom stereocenters. The molecule has 0 aliphatic carbocycles. The van der Waals surface area contributed by atoms with Gasteiger partial charge in [0.25, 0.3) is 0 Å². The van der Waals surface area contributed by atoms with Crippen LogP contribution in [0.3, 0.4) is 0 Å². The van der Waals surface area contributed by atoms with Crippen molar-refractivity contribution in [1.29, 1.82) is 0 Å². The third kappa shape index (κ3) is 3.37. The van der Waals surface area contributed by atoms with E-state index < -0.39 is 10.0 Å². The zero-order valence-corrected chi connectivity index (χ0v) is 14.2. The van der Waals surface area contributed by atoms with E-state index in [4.69, 9.17) is 4.52 Å². The first-order chi connectivity index (χ1) is 11.5. The van der Waals surface area contributed by atoms with Crippen LogP contribution in [0.1, 0.15) is 17.0 Å². The lowest BCUT2D eigenvalue weighted by atomic mass is 10.1. The van der Waals surface area contributed by atoms with Crippen LogP contribution in [0.15, 0.2) is 57.9 Å². The molecule has 1 N–H and O–H groups in total. The van der Waals surface area contributed by atoms with Crippen molar-refractivity contribution in [2.24, 2.45) is 0 Å². The molecule has 124 valence electrons. The summed E-state index contributed by atoms with van der Waals surface area (Å²) in [6.07, 6.45) is 0. The van der Waals surface area contributed by atoms with E-state index in [1.54, 1.807) is 31.2 Å². The number of hydrogen-bond acceptors (Lipinski definition) is 5. The maximum Gasteiger partial charge on any atom is 0.242 e. The van der Waals surface area contributed by atoms with Crippen molar-refractivity contribution in [1.82, 2.24) is 14.9 Å². The summed E-state index contributed by atoms with van der Waals surface area (Å²) in [6.45, 7) is 3.64. The summed E-state index contributed by atoms with van der Waals surface area (Å²) in [5.41, 5.74) is 2.55. The summed E-state index contributed by atoms with van der Waals surface area (Å²) in [7, 11) is -3.63. The SMILES string of the molecule is Cc1ccccc1-c1noc(CNS(=O)(=O)c2ccccc2C)n1. The zero-order chi connectivity index (χ0) is 17.2. The van der Waals surface area contributed by atoms with Gasteiger partial charge in [-0.2, -0.15) is 4.98 Å². The maximum absolute atomic E-state index is 12.4. The van der Waals surface area contributed by atoms with Crippen LogP contribution in [0.25, 0.3) is 11.4 Å². The van der Waals surface area contributed by atoms with Gasteiger partial charge in [-0.05, 0) is 31.0 Å². The Morgan fingerprint density at radius 2 is 1.67 bits per heavy atom. The molecule has 7 heteroatoms. The fourth-order valence-corrected chi connectivity index (χ4v) is 3.57. The molecule has 24 heavy (non-hydrogen) atoms. The van der Waals surface area contributed by atoms with Crippen LogP contribution < -0.4 is 4.72 Å². The maximum atomic E-state index is 12.4. The molecule has 3 rings (SSSR count). The second-order valence-corrected chi connectivity index (χ2v) is 7.15. The van der Waals surface area contributed by atoms with Gasteiger partial charge in [-0.3, -0.25) is 0 Å². The van der Waals surface area contributed by atoms with Gasteiger partial charge in [-0.1, -0.05) is 47.6 Å². The lowest BCUT2D eigenvalue weighted by Crippen LogP contribution is -2.24. The molecule has 0 bridgehead atoms. The minimum atomic E-state index is -3.63. The number of nitrogens with zero attached hydrogens (tertiary/aromatic N) is 2. The summed E-state index contributed by atoms with van der Waals surface area (Å²) in [5.74, 6) is 0.656. The normalized spacial score (nSPS) is 11.6. The average Bonchev–Trinajstić information content (AvgIpc) is 3.02. The number of hydrogen-bond donors (Lipinski definition) is 1. The minimum Gasteiger partial charge on any atom is -0.338 e. The summed E-state index contributed by atoms with van der Waals surface area (Å²) >= 11 is 0. The lowest BCUT2D eigenvalue weighted by molar-refractivity contribution is 0.376. The average molecular weight is 343 g/mol. The number of nitrogens with one attached hydrogen (secondary N) is 1. The molecule has 6 nitrogen and oxygen atoms in total. The Morgan fingerprint density at radius 3 is 2.38 bits per heavy atom. The first-order valence-corrected chi connectivity index (χ1v) is 8.89. The third-order valence-corrected chi connectivity index (χ3v) is 5.21. The van der Waals surface area contributed by atoms with Gasteiger partial charge in [-0.25, -0.2) is 13.1 Å². The van der Waals surface area contributed by atoms with E-state index in [0.717, 1.165) is 11.1 Å². The van der Waals surface area contributed by atoms with E-state index in [0.29, 0.717) is 11.4 Å². The molecule has 0 aliphatic rings. The number of sulfonamides is 1. The van der Waals surface area contributed by atoms with Gasteiger partial charge in [0.15, 0.2) is 0 Å². The molecule has 1 aromatic heterocycles. The van der Waals surface area contributed by atoms with Crippen LogP contribution in [-0.2, 0) is 16.6 Å². The fraction of sp³-hybridized carbons (Fsp3) is 0.176. The first-order valence-electron chi connectivity index (χ1n) is 7.41. The van der Waals surface area contributed by atoms with Crippen molar-refractivity contribution < 1.29 is 12.9 Å². The standard InChI is InChI=1S/C17H17N3O3S/c1-12-7-3-5-9-14(12)17-19-16(23-20-17)11-18-24(21,22)15-10-6-4-8-13(15)2/h3-10,18H,11H2,1-2H3. The molecular weight excluding hydrogens is 326 g/mol. The summed E-state index contributed by atoms with van der Waals surface area (Å²) in [5, 5.41) is 3.92. The van der Waals surface area contributed by atoms with Crippen LogP contribution in [0.4, 0.5) is 0 Å². The zero-order valence-electron chi connectivity index (χ0n) is 13.4. The summed E-state index contributed by atoms with van der Waals surface area (Å²) in [4.78, 5) is 4.50. The topological polar surface area (TPSA) is 85.1 Å². The quantitative estimate of drug-likeness (QED) is 0.770. The van der Waals surface area contributed by atoms with Crippen molar-refractivity contribution >= 4 is 10.0 Å². The molecular formula is C17H17N3O3S. The molecule has 0 saturated heterocycles. The Kier molecular flexibility index (Phi) is 4.46. The summed E-state index contributed by atoms with van der Waals surface area (Å²) < 4.78 is 32.3. The van der Waals surface area contributed by atoms with E-state index >= 15 is 0 Å². The second kappa shape index (κ2) is 6.54. The highest BCUT2D eigenvalue weighted by molar-refractivity contribution is 7.89. The van der Waals surface area contributed by atoms with Crippen LogP contribution in [0.2, 0.25) is 0 Å². The molecule has 0 saturated carbocycles. The van der Waals surface area contributed by atoms with Crippen molar-refractivity contribution in [2.45, 2.75) is 25.3 Å². The Hall–Kier alpha value is -2.51. The number of aryl methyl sites for hydroxylation is 2. The lowest BCUT2D eigenvalue weighted by Gasteiger charge is -2.07. The molecule has 0 radical (unpaired) electrons. The van der Waals surface area contributed by atoms with Gasteiger partial charge in [0.2, 0.25) is 21.7 Å². The molecule has 1 heterocycles. The highest BCUT2D eigenvalue weighted by atomic mass is 32.2. The van der Waals surface area contributed by atoms with Crippen molar-refractivity contribution in [3.8, 4) is 11.4 Å².